The lowest BCUT2D eigenvalue weighted by atomic mass is 9.94. The number of aromatic nitrogens is 2. The second-order valence-corrected chi connectivity index (χ2v) is 16.8. The molecule has 0 spiro atoms. The van der Waals surface area contributed by atoms with Crippen LogP contribution in [0.4, 0.5) is 17.1 Å². The molecular weight excluding hydrogens is 779 g/mol. The molecule has 3 aromatic heterocycles. The zero-order chi connectivity index (χ0) is 41.9. The lowest BCUT2D eigenvalue weighted by Crippen LogP contribution is -2.10. The molecule has 0 aliphatic rings. The first-order valence-corrected chi connectivity index (χ1v) is 21.9. The molecule has 0 bridgehead atoms. The predicted octanol–water partition coefficient (Wildman–Crippen LogP) is 16.7. The molecule has 0 saturated carbocycles. The normalized spacial score (nSPS) is 12.1. The molecule has 0 aliphatic carbocycles. The molecule has 0 radical (unpaired) electrons. The van der Waals surface area contributed by atoms with Gasteiger partial charge in [-0.15, -0.1) is 0 Å². The Bertz CT molecular complexity index is 4170. The Hall–Kier alpha value is -8.60. The molecule has 0 atom stereocenters. The van der Waals surface area contributed by atoms with Gasteiger partial charge in [-0.05, 0) is 117 Å². The van der Waals surface area contributed by atoms with E-state index in [1.54, 1.807) is 0 Å². The van der Waals surface area contributed by atoms with E-state index in [2.05, 4.69) is 232 Å². The number of furan rings is 1. The first-order valence-electron chi connectivity index (χ1n) is 21.9. The van der Waals surface area contributed by atoms with Gasteiger partial charge in [0, 0.05) is 61.1 Å². The van der Waals surface area contributed by atoms with Crippen molar-refractivity contribution < 1.29 is 4.42 Å². The van der Waals surface area contributed by atoms with E-state index >= 15 is 0 Å². The summed E-state index contributed by atoms with van der Waals surface area (Å²) in [5.41, 5.74) is 11.9. The van der Waals surface area contributed by atoms with Crippen LogP contribution in [0, 0.1) is 0 Å². The van der Waals surface area contributed by atoms with E-state index in [0.717, 1.165) is 61.4 Å². The summed E-state index contributed by atoms with van der Waals surface area (Å²) in [4.78, 5) is 2.44. The van der Waals surface area contributed by atoms with Gasteiger partial charge in [-0.25, -0.2) is 0 Å². The van der Waals surface area contributed by atoms with E-state index in [1.165, 1.54) is 64.9 Å². The largest absolute Gasteiger partial charge is 0.456 e. The number of fused-ring (bicyclic) bond motifs is 15. The molecule has 0 fully saturated rings. The average molecular weight is 816 g/mol. The van der Waals surface area contributed by atoms with E-state index in [0.29, 0.717) is 0 Å². The van der Waals surface area contributed by atoms with Gasteiger partial charge in [0.15, 0.2) is 0 Å². The van der Waals surface area contributed by atoms with E-state index < -0.39 is 0 Å². The van der Waals surface area contributed by atoms with Crippen molar-refractivity contribution in [1.82, 2.24) is 9.13 Å². The van der Waals surface area contributed by atoms with Crippen LogP contribution in [0.15, 0.2) is 229 Å². The van der Waals surface area contributed by atoms with E-state index in [4.69, 9.17) is 4.42 Å². The van der Waals surface area contributed by atoms with Gasteiger partial charge in [-0.2, -0.15) is 0 Å². The van der Waals surface area contributed by atoms with Gasteiger partial charge in [0.1, 0.15) is 11.2 Å². The van der Waals surface area contributed by atoms with Crippen molar-refractivity contribution in [2.24, 2.45) is 0 Å². The number of anilines is 3. The Labute approximate surface area is 367 Å². The van der Waals surface area contributed by atoms with Crippen LogP contribution in [-0.2, 0) is 0 Å². The summed E-state index contributed by atoms with van der Waals surface area (Å²) in [5.74, 6) is 0. The molecule has 3 heterocycles. The summed E-state index contributed by atoms with van der Waals surface area (Å²) in [6, 6.07) is 81.6. The van der Waals surface area contributed by atoms with E-state index in [-0.39, 0.29) is 0 Å². The highest BCUT2D eigenvalue weighted by Gasteiger charge is 2.24. The summed E-state index contributed by atoms with van der Waals surface area (Å²) < 4.78 is 11.4. The van der Waals surface area contributed by atoms with Crippen molar-refractivity contribution in [3.63, 3.8) is 0 Å². The molecular formula is C60H37N3O. The van der Waals surface area contributed by atoms with Crippen molar-refractivity contribution in [3.8, 4) is 11.4 Å². The van der Waals surface area contributed by atoms with Crippen LogP contribution in [0.1, 0.15) is 0 Å². The molecule has 0 amide bonds. The fourth-order valence-corrected chi connectivity index (χ4v) is 10.7. The highest BCUT2D eigenvalue weighted by atomic mass is 16.3. The first kappa shape index (κ1) is 35.0. The minimum absolute atomic E-state index is 0.860. The minimum Gasteiger partial charge on any atom is -0.456 e. The Balaban J connectivity index is 1.05. The lowest BCUT2D eigenvalue weighted by Gasteiger charge is -2.27. The third kappa shape index (κ3) is 4.99. The van der Waals surface area contributed by atoms with E-state index in [1.807, 2.05) is 6.07 Å². The topological polar surface area (TPSA) is 26.2 Å². The number of para-hydroxylation sites is 4. The lowest BCUT2D eigenvalue weighted by molar-refractivity contribution is 0.669. The Kier molecular flexibility index (Phi) is 7.36. The summed E-state index contributed by atoms with van der Waals surface area (Å²) in [6.07, 6.45) is 0. The Morgan fingerprint density at radius 3 is 1.55 bits per heavy atom. The van der Waals surface area contributed by atoms with Gasteiger partial charge >= 0.3 is 0 Å². The smallest absolute Gasteiger partial charge is 0.137 e. The van der Waals surface area contributed by atoms with Gasteiger partial charge in [-0.3, -0.25) is 0 Å². The second kappa shape index (κ2) is 13.4. The van der Waals surface area contributed by atoms with Crippen molar-refractivity contribution in [2.75, 3.05) is 4.90 Å². The molecule has 64 heavy (non-hydrogen) atoms. The zero-order valence-corrected chi connectivity index (χ0v) is 34.6. The SMILES string of the molecule is c1ccc(-n2c3ccccc3c3cc(-n4c5ccccc5c5c(N(c6ccc7c(c6)oc6ccccc67)c6ccc7c8ccccc8c8ccccc8c7c6)cccc54)ccc32)cc1. The first-order chi connectivity index (χ1) is 31.8. The summed E-state index contributed by atoms with van der Waals surface area (Å²) in [6.45, 7) is 0. The fourth-order valence-electron chi connectivity index (χ4n) is 10.7. The molecule has 0 unspecified atom stereocenters. The number of rotatable bonds is 5. The third-order valence-corrected chi connectivity index (χ3v) is 13.5. The standard InChI is InChI=1S/C60H37N3O/c1-2-15-38(16-3-1)62-53-24-11-8-21-47(53)52-36-40(31-34-55(52)62)63-54-25-12-9-23-50(54)60-56(26-14-27-57(60)63)61(41-30-33-49-48-22-10-13-28-58(48)64-59(49)37-41)39-29-32-46-44-19-5-4-17-42(44)43-18-6-7-20-45(43)51(46)35-39/h1-37H. The van der Waals surface area contributed by atoms with Crippen LogP contribution in [0.25, 0.3) is 109 Å². The molecule has 14 rings (SSSR count). The van der Waals surface area contributed by atoms with Gasteiger partial charge in [0.05, 0.1) is 27.8 Å². The average Bonchev–Trinajstić information content (AvgIpc) is 4.02. The van der Waals surface area contributed by atoms with Crippen LogP contribution in [0.5, 0.6) is 0 Å². The van der Waals surface area contributed by atoms with Crippen molar-refractivity contribution in [2.45, 2.75) is 0 Å². The van der Waals surface area contributed by atoms with Gasteiger partial charge < -0.3 is 18.5 Å². The minimum atomic E-state index is 0.860. The maximum Gasteiger partial charge on any atom is 0.137 e. The Morgan fingerprint density at radius 2 is 0.797 bits per heavy atom. The van der Waals surface area contributed by atoms with Gasteiger partial charge in [-0.1, -0.05) is 133 Å². The van der Waals surface area contributed by atoms with Crippen molar-refractivity contribution in [3.05, 3.63) is 224 Å². The van der Waals surface area contributed by atoms with Crippen LogP contribution >= 0.6 is 0 Å². The number of hydrogen-bond donors (Lipinski definition) is 0. The molecule has 298 valence electrons. The third-order valence-electron chi connectivity index (χ3n) is 13.5. The molecule has 4 heteroatoms. The van der Waals surface area contributed by atoms with Crippen LogP contribution in [-0.4, -0.2) is 9.13 Å². The Morgan fingerprint density at radius 1 is 0.281 bits per heavy atom. The zero-order valence-electron chi connectivity index (χ0n) is 34.6. The number of nitrogens with zero attached hydrogens (tertiary/aromatic N) is 3. The highest BCUT2D eigenvalue weighted by Crippen LogP contribution is 2.47. The molecule has 0 aliphatic heterocycles. The molecule has 0 saturated heterocycles. The van der Waals surface area contributed by atoms with Crippen LogP contribution in [0.2, 0.25) is 0 Å². The number of benzene rings is 11. The van der Waals surface area contributed by atoms with Crippen molar-refractivity contribution in [1.29, 1.82) is 0 Å². The second-order valence-electron chi connectivity index (χ2n) is 16.8. The maximum absolute atomic E-state index is 6.57. The summed E-state index contributed by atoms with van der Waals surface area (Å²) in [7, 11) is 0. The predicted molar refractivity (Wildman–Crippen MR) is 270 cm³/mol. The molecule has 11 aromatic carbocycles. The van der Waals surface area contributed by atoms with Crippen molar-refractivity contribution >= 4 is 115 Å². The monoisotopic (exact) mass is 815 g/mol. The highest BCUT2D eigenvalue weighted by molar-refractivity contribution is 6.26. The molecule has 14 aromatic rings. The molecule has 4 nitrogen and oxygen atoms in total. The number of hydrogen-bond acceptors (Lipinski definition) is 2. The summed E-state index contributed by atoms with van der Waals surface area (Å²) >= 11 is 0. The summed E-state index contributed by atoms with van der Waals surface area (Å²) in [5, 5.41) is 14.5. The van der Waals surface area contributed by atoms with Gasteiger partial charge in [0.25, 0.3) is 0 Å². The van der Waals surface area contributed by atoms with Gasteiger partial charge in [0.2, 0.25) is 0 Å². The van der Waals surface area contributed by atoms with Crippen LogP contribution in [0.3, 0.4) is 0 Å². The van der Waals surface area contributed by atoms with Crippen LogP contribution < -0.4 is 4.90 Å². The maximum atomic E-state index is 6.57. The van der Waals surface area contributed by atoms with E-state index in [9.17, 15) is 0 Å². The quantitative estimate of drug-likeness (QED) is 0.162. The molecule has 0 N–H and O–H groups in total. The fraction of sp³-hybridized carbons (Fsp3) is 0.